The average molecular weight is 324 g/mol. The fourth-order valence-corrected chi connectivity index (χ4v) is 3.10. The van der Waals surface area contributed by atoms with Crippen molar-refractivity contribution in [2.24, 2.45) is 0 Å². The molecule has 5 heteroatoms. The summed E-state index contributed by atoms with van der Waals surface area (Å²) in [6.07, 6.45) is 1.43. The fourth-order valence-electron chi connectivity index (χ4n) is 2.25. The van der Waals surface area contributed by atoms with Gasteiger partial charge in [-0.1, -0.05) is 30.3 Å². The molecule has 0 aliphatic rings. The monoisotopic (exact) mass is 324 g/mol. The minimum absolute atomic E-state index is 0.130. The number of anilines is 1. The van der Waals surface area contributed by atoms with Crippen molar-refractivity contribution in [2.45, 2.75) is 17.2 Å². The van der Waals surface area contributed by atoms with Gasteiger partial charge in [-0.3, -0.25) is 4.79 Å². The number of benzene rings is 2. The van der Waals surface area contributed by atoms with Crippen molar-refractivity contribution in [2.75, 3.05) is 5.32 Å². The van der Waals surface area contributed by atoms with E-state index in [0.29, 0.717) is 5.03 Å². The van der Waals surface area contributed by atoms with E-state index < -0.39 is 0 Å². The van der Waals surface area contributed by atoms with Crippen LogP contribution in [0.1, 0.15) is 6.92 Å². The van der Waals surface area contributed by atoms with Gasteiger partial charge in [0.2, 0.25) is 5.91 Å². The highest BCUT2D eigenvalue weighted by Gasteiger charge is 2.18. The number of pyridine rings is 1. The van der Waals surface area contributed by atoms with E-state index >= 15 is 0 Å². The van der Waals surface area contributed by atoms with Gasteiger partial charge in [0.05, 0.1) is 5.25 Å². The predicted molar refractivity (Wildman–Crippen MR) is 93.3 cm³/mol. The van der Waals surface area contributed by atoms with Gasteiger partial charge in [-0.15, -0.1) is 0 Å². The SMILES string of the molecule is C[C@H](Sc1cccc[n+]1[O-])C(=O)Nc1ccc2ccccc2c1. The third-order valence-corrected chi connectivity index (χ3v) is 4.60. The van der Waals surface area contributed by atoms with E-state index in [4.69, 9.17) is 0 Å². The van der Waals surface area contributed by atoms with Gasteiger partial charge in [0.1, 0.15) is 0 Å². The van der Waals surface area contributed by atoms with E-state index in [1.54, 1.807) is 25.1 Å². The minimum atomic E-state index is -0.371. The third-order valence-electron chi connectivity index (χ3n) is 3.47. The molecule has 1 aromatic heterocycles. The first kappa shape index (κ1) is 15.4. The van der Waals surface area contributed by atoms with Crippen LogP contribution in [0.3, 0.4) is 0 Å². The molecular weight excluding hydrogens is 308 g/mol. The van der Waals surface area contributed by atoms with Crippen molar-refractivity contribution in [1.82, 2.24) is 0 Å². The van der Waals surface area contributed by atoms with Crippen LogP contribution in [0.2, 0.25) is 0 Å². The second-order valence-electron chi connectivity index (χ2n) is 5.18. The van der Waals surface area contributed by atoms with Crippen LogP contribution in [0, 0.1) is 5.21 Å². The van der Waals surface area contributed by atoms with Crippen molar-refractivity contribution in [3.05, 3.63) is 72.1 Å². The molecule has 0 radical (unpaired) electrons. The average Bonchev–Trinajstić information content (AvgIpc) is 2.56. The smallest absolute Gasteiger partial charge is 0.252 e. The number of amides is 1. The van der Waals surface area contributed by atoms with Gasteiger partial charge >= 0.3 is 0 Å². The number of nitrogens with one attached hydrogen (secondary N) is 1. The Bertz CT molecular complexity index is 851. The van der Waals surface area contributed by atoms with E-state index in [2.05, 4.69) is 5.32 Å². The number of fused-ring (bicyclic) bond motifs is 1. The second kappa shape index (κ2) is 6.71. The molecule has 116 valence electrons. The highest BCUT2D eigenvalue weighted by atomic mass is 32.2. The normalized spacial score (nSPS) is 12.0. The molecule has 2 aromatic carbocycles. The van der Waals surface area contributed by atoms with Crippen LogP contribution in [0.4, 0.5) is 5.69 Å². The highest BCUT2D eigenvalue weighted by Crippen LogP contribution is 2.22. The van der Waals surface area contributed by atoms with Gasteiger partial charge in [-0.05, 0) is 47.7 Å². The predicted octanol–water partition coefficient (Wildman–Crippen LogP) is 3.59. The zero-order valence-electron chi connectivity index (χ0n) is 12.6. The molecule has 0 bridgehead atoms. The number of rotatable bonds is 4. The first-order valence-electron chi connectivity index (χ1n) is 7.28. The first-order chi connectivity index (χ1) is 11.1. The summed E-state index contributed by atoms with van der Waals surface area (Å²) in [5, 5.41) is 16.9. The van der Waals surface area contributed by atoms with Crippen molar-refractivity contribution in [3.8, 4) is 0 Å². The Morgan fingerprint density at radius 1 is 1.09 bits per heavy atom. The highest BCUT2D eigenvalue weighted by molar-refractivity contribution is 8.00. The van der Waals surface area contributed by atoms with Crippen LogP contribution in [-0.2, 0) is 4.79 Å². The maximum atomic E-state index is 12.3. The summed E-state index contributed by atoms with van der Waals surface area (Å²) in [7, 11) is 0. The summed E-state index contributed by atoms with van der Waals surface area (Å²) < 4.78 is 0.768. The van der Waals surface area contributed by atoms with Crippen molar-refractivity contribution in [1.29, 1.82) is 0 Å². The maximum absolute atomic E-state index is 12.3. The zero-order chi connectivity index (χ0) is 16.2. The number of nitrogens with zero attached hydrogens (tertiary/aromatic N) is 1. The Morgan fingerprint density at radius 3 is 2.61 bits per heavy atom. The van der Waals surface area contributed by atoms with E-state index in [1.165, 1.54) is 18.0 Å². The summed E-state index contributed by atoms with van der Waals surface area (Å²) in [5.74, 6) is -0.130. The lowest BCUT2D eigenvalue weighted by Gasteiger charge is -2.12. The van der Waals surface area contributed by atoms with Gasteiger partial charge in [0.15, 0.2) is 6.20 Å². The summed E-state index contributed by atoms with van der Waals surface area (Å²) >= 11 is 1.24. The first-order valence-corrected chi connectivity index (χ1v) is 8.16. The Morgan fingerprint density at radius 2 is 1.83 bits per heavy atom. The molecule has 1 heterocycles. The molecule has 1 atom stereocenters. The van der Waals surface area contributed by atoms with E-state index in [0.717, 1.165) is 21.2 Å². The van der Waals surface area contributed by atoms with E-state index in [9.17, 15) is 10.0 Å². The summed E-state index contributed by atoms with van der Waals surface area (Å²) in [5.41, 5.74) is 0.754. The van der Waals surface area contributed by atoms with Crippen LogP contribution < -0.4 is 10.0 Å². The Balaban J connectivity index is 1.71. The van der Waals surface area contributed by atoms with Crippen molar-refractivity contribution < 1.29 is 9.52 Å². The lowest BCUT2D eigenvalue weighted by molar-refractivity contribution is -0.645. The molecule has 0 spiro atoms. The molecule has 0 aliphatic carbocycles. The summed E-state index contributed by atoms with van der Waals surface area (Å²) in [6, 6.07) is 18.9. The summed E-state index contributed by atoms with van der Waals surface area (Å²) in [4.78, 5) is 12.3. The topological polar surface area (TPSA) is 56.0 Å². The Hall–Kier alpha value is -2.53. The zero-order valence-corrected chi connectivity index (χ0v) is 13.4. The molecule has 0 aliphatic heterocycles. The van der Waals surface area contributed by atoms with Gasteiger partial charge in [0, 0.05) is 17.8 Å². The second-order valence-corrected chi connectivity index (χ2v) is 6.54. The lowest BCUT2D eigenvalue weighted by atomic mass is 10.1. The van der Waals surface area contributed by atoms with E-state index in [1.807, 2.05) is 42.5 Å². The molecule has 4 nitrogen and oxygen atoms in total. The fraction of sp³-hybridized carbons (Fsp3) is 0.111. The van der Waals surface area contributed by atoms with Crippen molar-refractivity contribution >= 4 is 34.1 Å². The molecule has 0 saturated heterocycles. The quantitative estimate of drug-likeness (QED) is 0.453. The lowest BCUT2D eigenvalue weighted by Crippen LogP contribution is -2.30. The molecule has 0 fully saturated rings. The molecule has 1 N–H and O–H groups in total. The molecular formula is C18H16N2O2S. The van der Waals surface area contributed by atoms with Gasteiger partial charge < -0.3 is 10.5 Å². The maximum Gasteiger partial charge on any atom is 0.252 e. The minimum Gasteiger partial charge on any atom is -0.618 e. The Kier molecular flexibility index (Phi) is 4.48. The number of carbonyl (C=O) groups excluding carboxylic acids is 1. The number of hydrogen-bond acceptors (Lipinski definition) is 3. The van der Waals surface area contributed by atoms with Crippen LogP contribution in [0.15, 0.2) is 71.9 Å². The molecule has 0 saturated carbocycles. The van der Waals surface area contributed by atoms with Gasteiger partial charge in [0.25, 0.3) is 5.03 Å². The number of aromatic nitrogens is 1. The van der Waals surface area contributed by atoms with E-state index in [-0.39, 0.29) is 11.2 Å². The molecule has 3 aromatic rings. The molecule has 1 amide bonds. The molecule has 3 rings (SSSR count). The van der Waals surface area contributed by atoms with Gasteiger partial charge in [-0.25, -0.2) is 0 Å². The number of thioether (sulfide) groups is 1. The van der Waals surface area contributed by atoms with Crippen LogP contribution in [-0.4, -0.2) is 11.2 Å². The Labute approximate surface area is 138 Å². The largest absolute Gasteiger partial charge is 0.618 e. The van der Waals surface area contributed by atoms with Crippen LogP contribution >= 0.6 is 11.8 Å². The third kappa shape index (κ3) is 3.63. The number of carbonyl (C=O) groups is 1. The standard InChI is InChI=1S/C18H16N2O2S/c1-13(23-17-8-4-5-11-20(17)22)18(21)19-16-10-9-14-6-2-3-7-15(14)12-16/h2-13H,1H3,(H,19,21)/t13-/m0/s1. The summed E-state index contributed by atoms with van der Waals surface area (Å²) in [6.45, 7) is 1.79. The van der Waals surface area contributed by atoms with Crippen LogP contribution in [0.25, 0.3) is 10.8 Å². The van der Waals surface area contributed by atoms with Gasteiger partial charge in [-0.2, -0.15) is 4.73 Å². The van der Waals surface area contributed by atoms with Crippen LogP contribution in [0.5, 0.6) is 0 Å². The number of hydrogen-bond donors (Lipinski definition) is 1. The molecule has 23 heavy (non-hydrogen) atoms. The molecule has 0 unspecified atom stereocenters. The van der Waals surface area contributed by atoms with Crippen molar-refractivity contribution in [3.63, 3.8) is 0 Å².